The molecule has 0 aliphatic rings. The molecule has 0 aromatic carbocycles. The molecule has 1 heterocycles. The molecule has 0 fully saturated rings. The second kappa shape index (κ2) is 7.84. The van der Waals surface area contributed by atoms with E-state index >= 15 is 0 Å². The van der Waals surface area contributed by atoms with E-state index in [0.717, 1.165) is 0 Å². The van der Waals surface area contributed by atoms with Gasteiger partial charge in [-0.15, -0.1) is 0 Å². The quantitative estimate of drug-likeness (QED) is 0.824. The molecule has 20 heavy (non-hydrogen) atoms. The minimum atomic E-state index is -0.0707. The number of rotatable bonds is 7. The molecule has 7 nitrogen and oxygen atoms in total. The number of aromatic nitrogens is 3. The third kappa shape index (κ3) is 5.16. The second-order valence-corrected chi connectivity index (χ2v) is 4.63. The zero-order valence-corrected chi connectivity index (χ0v) is 12.9. The topological polar surface area (TPSA) is 80.2 Å². The first-order chi connectivity index (χ1) is 9.46. The zero-order chi connectivity index (χ0) is 15.1. The van der Waals surface area contributed by atoms with Crippen molar-refractivity contribution in [1.29, 1.82) is 0 Å². The predicted octanol–water partition coefficient (Wildman–Crippen LogP) is 1.59. The van der Waals surface area contributed by atoms with E-state index in [1.54, 1.807) is 4.90 Å². The monoisotopic (exact) mass is 301 g/mol. The van der Waals surface area contributed by atoms with Crippen LogP contribution in [0.3, 0.4) is 0 Å². The Morgan fingerprint density at radius 3 is 2.50 bits per heavy atom. The molecule has 0 aliphatic carbocycles. The fourth-order valence-electron chi connectivity index (χ4n) is 1.52. The largest absolute Gasteiger partial charge is 0.461 e. The summed E-state index contributed by atoms with van der Waals surface area (Å²) in [6, 6.07) is 0.137. The minimum absolute atomic E-state index is 0.0217. The third-order valence-electron chi connectivity index (χ3n) is 2.44. The van der Waals surface area contributed by atoms with Crippen LogP contribution in [-0.4, -0.2) is 51.5 Å². The van der Waals surface area contributed by atoms with Gasteiger partial charge in [-0.3, -0.25) is 4.79 Å². The maximum absolute atomic E-state index is 11.9. The number of hydrogen-bond acceptors (Lipinski definition) is 6. The van der Waals surface area contributed by atoms with Crippen LogP contribution in [0.2, 0.25) is 5.28 Å². The fraction of sp³-hybridized carbons (Fsp3) is 0.667. The van der Waals surface area contributed by atoms with E-state index in [1.807, 2.05) is 27.7 Å². The number of halogens is 1. The Labute approximate surface area is 123 Å². The molecule has 0 unspecified atom stereocenters. The van der Waals surface area contributed by atoms with Gasteiger partial charge in [-0.25, -0.2) is 0 Å². The molecule has 1 amide bonds. The van der Waals surface area contributed by atoms with Gasteiger partial charge in [-0.05, 0) is 39.3 Å². The molecule has 0 aliphatic heterocycles. The molecule has 0 saturated heterocycles. The summed E-state index contributed by atoms with van der Waals surface area (Å²) in [5.74, 6) is 0.194. The number of anilines is 1. The van der Waals surface area contributed by atoms with Gasteiger partial charge in [0, 0.05) is 13.1 Å². The lowest BCUT2D eigenvalue weighted by Crippen LogP contribution is -2.35. The van der Waals surface area contributed by atoms with Crippen molar-refractivity contribution in [1.82, 2.24) is 19.9 Å². The van der Waals surface area contributed by atoms with Crippen molar-refractivity contribution in [2.24, 2.45) is 0 Å². The summed E-state index contributed by atoms with van der Waals surface area (Å²) < 4.78 is 5.35. The highest BCUT2D eigenvalue weighted by molar-refractivity contribution is 6.28. The van der Waals surface area contributed by atoms with E-state index in [1.165, 1.54) is 0 Å². The second-order valence-electron chi connectivity index (χ2n) is 4.30. The molecular formula is C12H20ClN5O2. The van der Waals surface area contributed by atoms with E-state index in [-0.39, 0.29) is 35.8 Å². The normalized spacial score (nSPS) is 10.5. The molecule has 0 bridgehead atoms. The van der Waals surface area contributed by atoms with E-state index < -0.39 is 0 Å². The molecule has 112 valence electrons. The minimum Gasteiger partial charge on any atom is -0.461 e. The highest BCUT2D eigenvalue weighted by atomic mass is 35.5. The number of nitrogens with one attached hydrogen (secondary N) is 1. The maximum Gasteiger partial charge on any atom is 0.322 e. The van der Waals surface area contributed by atoms with Crippen LogP contribution in [0.15, 0.2) is 0 Å². The fourth-order valence-corrected chi connectivity index (χ4v) is 1.67. The summed E-state index contributed by atoms with van der Waals surface area (Å²) in [5, 5.41) is 2.85. The molecule has 1 aromatic rings. The van der Waals surface area contributed by atoms with Crippen molar-refractivity contribution >= 4 is 23.5 Å². The van der Waals surface area contributed by atoms with E-state index in [9.17, 15) is 4.79 Å². The first-order valence-corrected chi connectivity index (χ1v) is 6.93. The molecule has 1 N–H and O–H groups in total. The van der Waals surface area contributed by atoms with Gasteiger partial charge in [0.2, 0.25) is 17.1 Å². The van der Waals surface area contributed by atoms with Crippen molar-refractivity contribution < 1.29 is 9.53 Å². The molecule has 0 saturated carbocycles. The Morgan fingerprint density at radius 2 is 1.95 bits per heavy atom. The average Bonchev–Trinajstić information content (AvgIpc) is 2.36. The Morgan fingerprint density at radius 1 is 1.30 bits per heavy atom. The lowest BCUT2D eigenvalue weighted by Gasteiger charge is -2.18. The highest BCUT2D eigenvalue weighted by Crippen LogP contribution is 2.12. The van der Waals surface area contributed by atoms with Crippen LogP contribution in [0.25, 0.3) is 0 Å². The summed E-state index contributed by atoms with van der Waals surface area (Å²) in [6.07, 6.45) is -0.0707. The van der Waals surface area contributed by atoms with Gasteiger partial charge in [0.25, 0.3) is 0 Å². The lowest BCUT2D eigenvalue weighted by atomic mass is 10.4. The highest BCUT2D eigenvalue weighted by Gasteiger charge is 2.12. The SMILES string of the molecule is CCN(CC)C(=O)CNc1nc(Cl)nc(OC(C)C)n1. The number of nitrogens with zero attached hydrogens (tertiary/aromatic N) is 4. The first kappa shape index (κ1) is 16.4. The van der Waals surface area contributed by atoms with Crippen LogP contribution in [-0.2, 0) is 4.79 Å². The van der Waals surface area contributed by atoms with Gasteiger partial charge in [-0.2, -0.15) is 15.0 Å². The van der Waals surface area contributed by atoms with Crippen molar-refractivity contribution in [2.45, 2.75) is 33.8 Å². The van der Waals surface area contributed by atoms with Crippen molar-refractivity contribution in [3.8, 4) is 6.01 Å². The summed E-state index contributed by atoms with van der Waals surface area (Å²) in [5.41, 5.74) is 0. The molecule has 0 radical (unpaired) electrons. The number of carbonyl (C=O) groups excluding carboxylic acids is 1. The van der Waals surface area contributed by atoms with Crippen molar-refractivity contribution in [2.75, 3.05) is 25.0 Å². The van der Waals surface area contributed by atoms with Gasteiger partial charge in [0.1, 0.15) is 0 Å². The number of likely N-dealkylation sites (N-methyl/N-ethyl adjacent to an activating group) is 1. The van der Waals surface area contributed by atoms with Crippen molar-refractivity contribution in [3.63, 3.8) is 0 Å². The molecule has 1 rings (SSSR count). The Bertz CT molecular complexity index is 451. The van der Waals surface area contributed by atoms with Crippen LogP contribution in [0.5, 0.6) is 6.01 Å². The van der Waals surface area contributed by atoms with Gasteiger partial charge in [0.15, 0.2) is 0 Å². The summed E-state index contributed by atoms with van der Waals surface area (Å²) in [6.45, 7) is 8.99. The molecule has 8 heteroatoms. The summed E-state index contributed by atoms with van der Waals surface area (Å²) in [7, 11) is 0. The Kier molecular flexibility index (Phi) is 6.44. The summed E-state index contributed by atoms with van der Waals surface area (Å²) >= 11 is 5.79. The van der Waals surface area contributed by atoms with Crippen LogP contribution in [0.1, 0.15) is 27.7 Å². The smallest absolute Gasteiger partial charge is 0.322 e. The lowest BCUT2D eigenvalue weighted by molar-refractivity contribution is -0.128. The standard InChI is InChI=1S/C12H20ClN5O2/c1-5-18(6-2)9(19)7-14-11-15-10(13)16-12(17-11)20-8(3)4/h8H,5-7H2,1-4H3,(H,14,15,16,17). The Balaban J connectivity index is 2.68. The molecule has 0 atom stereocenters. The van der Waals surface area contributed by atoms with Gasteiger partial charge < -0.3 is 15.0 Å². The number of hydrogen-bond donors (Lipinski definition) is 1. The van der Waals surface area contributed by atoms with Gasteiger partial charge in [-0.1, -0.05) is 0 Å². The van der Waals surface area contributed by atoms with Crippen LogP contribution in [0.4, 0.5) is 5.95 Å². The van der Waals surface area contributed by atoms with E-state index in [2.05, 4.69) is 20.3 Å². The van der Waals surface area contributed by atoms with Crippen LogP contribution < -0.4 is 10.1 Å². The van der Waals surface area contributed by atoms with E-state index in [0.29, 0.717) is 13.1 Å². The van der Waals surface area contributed by atoms with Gasteiger partial charge >= 0.3 is 6.01 Å². The van der Waals surface area contributed by atoms with Crippen molar-refractivity contribution in [3.05, 3.63) is 5.28 Å². The number of ether oxygens (including phenoxy) is 1. The van der Waals surface area contributed by atoms with Crippen LogP contribution in [0, 0.1) is 0 Å². The number of amides is 1. The first-order valence-electron chi connectivity index (χ1n) is 6.56. The van der Waals surface area contributed by atoms with E-state index in [4.69, 9.17) is 16.3 Å². The summed E-state index contributed by atoms with van der Waals surface area (Å²) in [4.78, 5) is 25.4. The molecule has 0 spiro atoms. The average molecular weight is 302 g/mol. The van der Waals surface area contributed by atoms with Gasteiger partial charge in [0.05, 0.1) is 12.6 Å². The number of carbonyl (C=O) groups is 1. The molecule has 1 aromatic heterocycles. The van der Waals surface area contributed by atoms with Crippen LogP contribution >= 0.6 is 11.6 Å². The third-order valence-corrected chi connectivity index (χ3v) is 2.61. The predicted molar refractivity (Wildman–Crippen MR) is 77.0 cm³/mol. The zero-order valence-electron chi connectivity index (χ0n) is 12.2. The maximum atomic E-state index is 11.9. The Hall–Kier alpha value is -1.63. The molecular weight excluding hydrogens is 282 g/mol.